The lowest BCUT2D eigenvalue weighted by Crippen LogP contribution is -2.56. The maximum absolute atomic E-state index is 13.0. The highest BCUT2D eigenvalue weighted by molar-refractivity contribution is 5.93. The van der Waals surface area contributed by atoms with E-state index in [9.17, 15) is 24.3 Å². The fraction of sp³-hybridized carbons (Fsp3) is 0.650. The van der Waals surface area contributed by atoms with Crippen LogP contribution < -0.4 is 56.1 Å². The predicted molar refractivity (Wildman–Crippen MR) is 142 cm³/mol. The van der Waals surface area contributed by atoms with Crippen LogP contribution >= 0.6 is 0 Å². The summed E-state index contributed by atoms with van der Waals surface area (Å²) in [6.07, 6.45) is 1.13. The average molecular weight is 544 g/mol. The quantitative estimate of drug-likeness (QED) is 0.0413. The van der Waals surface area contributed by atoms with Gasteiger partial charge < -0.3 is 61.2 Å². The standard InChI is InChI=1S/C20H41N13O5/c21-10-14(34)31-11(4-1-7-28-18(22)23)15(35)32-12(5-2-8-29-19(24)25)16(36)33-13(17(37)38)6-3-9-30-20(26)27/h11-13H,1-10,21H2,(H,31,34)(H,32,35)(H,33,36)(H,37,38)(H4,22,23,28)(H4,24,25,29)(H4,26,27,30). The molecule has 216 valence electrons. The first-order chi connectivity index (χ1) is 17.9. The van der Waals surface area contributed by atoms with Crippen LogP contribution in [0.4, 0.5) is 0 Å². The maximum Gasteiger partial charge on any atom is 0.326 e. The summed E-state index contributed by atoms with van der Waals surface area (Å²) in [6.45, 7) is 0.172. The van der Waals surface area contributed by atoms with Gasteiger partial charge in [0.1, 0.15) is 18.1 Å². The molecular formula is C20H41N13O5. The second-order valence-corrected chi connectivity index (χ2v) is 8.13. The zero-order chi connectivity index (χ0) is 29.1. The summed E-state index contributed by atoms with van der Waals surface area (Å²) in [6, 6.07) is -3.48. The molecule has 0 rings (SSSR count). The molecule has 0 aromatic rings. The number of amides is 3. The van der Waals surface area contributed by atoms with E-state index in [4.69, 9.17) is 40.1 Å². The van der Waals surface area contributed by atoms with E-state index in [1.165, 1.54) is 0 Å². The number of guanidine groups is 3. The first-order valence-electron chi connectivity index (χ1n) is 11.9. The van der Waals surface area contributed by atoms with E-state index in [1.54, 1.807) is 0 Å². The highest BCUT2D eigenvalue weighted by atomic mass is 16.4. The Morgan fingerprint density at radius 1 is 0.605 bits per heavy atom. The first kappa shape index (κ1) is 33.7. The SMILES string of the molecule is NCC(=O)NC(CCCN=C(N)N)C(=O)NC(CCCN=C(N)N)C(=O)NC(CCCN=C(N)N)C(=O)O. The molecule has 0 saturated carbocycles. The van der Waals surface area contributed by atoms with Crippen molar-refractivity contribution >= 4 is 41.6 Å². The number of carbonyl (C=O) groups excluding carboxylic acids is 3. The van der Waals surface area contributed by atoms with E-state index in [-0.39, 0.29) is 76.2 Å². The van der Waals surface area contributed by atoms with Crippen LogP contribution in [0.3, 0.4) is 0 Å². The summed E-state index contributed by atoms with van der Waals surface area (Å²) < 4.78 is 0. The predicted octanol–water partition coefficient (Wildman–Crippen LogP) is -5.36. The van der Waals surface area contributed by atoms with Crippen LogP contribution in [0.1, 0.15) is 38.5 Å². The van der Waals surface area contributed by atoms with Gasteiger partial charge in [0.2, 0.25) is 17.7 Å². The van der Waals surface area contributed by atoms with Gasteiger partial charge in [0.25, 0.3) is 0 Å². The Balaban J connectivity index is 5.54. The normalized spacial score (nSPS) is 12.7. The molecule has 3 atom stereocenters. The van der Waals surface area contributed by atoms with E-state index in [0.717, 1.165) is 0 Å². The minimum absolute atomic E-state index is 0.0342. The molecule has 0 aromatic carbocycles. The fourth-order valence-electron chi connectivity index (χ4n) is 3.10. The van der Waals surface area contributed by atoms with Gasteiger partial charge in [-0.2, -0.15) is 0 Å². The Kier molecular flexibility index (Phi) is 16.7. The number of hydrogen-bond acceptors (Lipinski definition) is 8. The number of carboxylic acids is 1. The van der Waals surface area contributed by atoms with Crippen LogP contribution in [0.15, 0.2) is 15.0 Å². The number of aliphatic imine (C=N–C) groups is 3. The van der Waals surface area contributed by atoms with Crippen molar-refractivity contribution in [3.63, 3.8) is 0 Å². The van der Waals surface area contributed by atoms with Gasteiger partial charge in [0.05, 0.1) is 6.54 Å². The summed E-state index contributed by atoms with van der Waals surface area (Å²) in [4.78, 5) is 61.0. The molecule has 0 radical (unpaired) electrons. The number of rotatable bonds is 19. The van der Waals surface area contributed by atoms with Crippen molar-refractivity contribution in [1.82, 2.24) is 16.0 Å². The van der Waals surface area contributed by atoms with Gasteiger partial charge >= 0.3 is 5.97 Å². The zero-order valence-electron chi connectivity index (χ0n) is 21.3. The molecule has 18 nitrogen and oxygen atoms in total. The molecule has 0 aliphatic carbocycles. The van der Waals surface area contributed by atoms with E-state index in [2.05, 4.69) is 30.9 Å². The molecule has 0 fully saturated rings. The van der Waals surface area contributed by atoms with Crippen LogP contribution in [0.2, 0.25) is 0 Å². The van der Waals surface area contributed by atoms with Crippen LogP contribution in [0, 0.1) is 0 Å². The Morgan fingerprint density at radius 3 is 1.29 bits per heavy atom. The number of hydrogen-bond donors (Lipinski definition) is 11. The molecule has 0 aliphatic rings. The summed E-state index contributed by atoms with van der Waals surface area (Å²) in [5, 5.41) is 17.0. The molecule has 18 N–H and O–H groups in total. The van der Waals surface area contributed by atoms with E-state index >= 15 is 0 Å². The molecule has 0 aromatic heterocycles. The van der Waals surface area contributed by atoms with Crippen molar-refractivity contribution in [2.45, 2.75) is 56.7 Å². The van der Waals surface area contributed by atoms with Gasteiger partial charge in [0, 0.05) is 19.6 Å². The Hall–Kier alpha value is -4.35. The van der Waals surface area contributed by atoms with Gasteiger partial charge in [0.15, 0.2) is 17.9 Å². The van der Waals surface area contributed by atoms with Crippen LogP contribution in [-0.4, -0.2) is 91.0 Å². The second kappa shape index (κ2) is 18.9. The van der Waals surface area contributed by atoms with E-state index < -0.39 is 41.8 Å². The van der Waals surface area contributed by atoms with E-state index in [0.29, 0.717) is 6.42 Å². The maximum atomic E-state index is 13.0. The van der Waals surface area contributed by atoms with Crippen LogP contribution in [0.5, 0.6) is 0 Å². The number of aliphatic carboxylic acids is 1. The highest BCUT2D eigenvalue weighted by Crippen LogP contribution is 2.06. The minimum Gasteiger partial charge on any atom is -0.480 e. The first-order valence-corrected chi connectivity index (χ1v) is 11.9. The largest absolute Gasteiger partial charge is 0.480 e. The van der Waals surface area contributed by atoms with Crippen LogP contribution in [-0.2, 0) is 19.2 Å². The number of carbonyl (C=O) groups is 4. The summed E-state index contributed by atoms with van der Waals surface area (Å²) >= 11 is 0. The van der Waals surface area contributed by atoms with Gasteiger partial charge in [-0.3, -0.25) is 29.4 Å². The smallest absolute Gasteiger partial charge is 0.326 e. The molecule has 18 heteroatoms. The Bertz CT molecular complexity index is 865. The third-order valence-electron chi connectivity index (χ3n) is 4.92. The summed E-state index contributed by atoms with van der Waals surface area (Å²) in [7, 11) is 0. The second-order valence-electron chi connectivity index (χ2n) is 8.13. The molecule has 0 spiro atoms. The van der Waals surface area contributed by atoms with Crippen molar-refractivity contribution in [3.8, 4) is 0 Å². The number of nitrogens with two attached hydrogens (primary N) is 7. The summed E-state index contributed by atoms with van der Waals surface area (Å²) in [5.74, 6) is -3.71. The average Bonchev–Trinajstić information content (AvgIpc) is 2.83. The van der Waals surface area contributed by atoms with Gasteiger partial charge in [-0.25, -0.2) is 4.79 Å². The molecule has 0 bridgehead atoms. The van der Waals surface area contributed by atoms with Crippen molar-refractivity contribution in [2.24, 2.45) is 55.1 Å². The topological polar surface area (TPSA) is 344 Å². The van der Waals surface area contributed by atoms with E-state index in [1.807, 2.05) is 0 Å². The van der Waals surface area contributed by atoms with Crippen LogP contribution in [0.25, 0.3) is 0 Å². The van der Waals surface area contributed by atoms with Gasteiger partial charge in [-0.05, 0) is 38.5 Å². The highest BCUT2D eigenvalue weighted by Gasteiger charge is 2.29. The Morgan fingerprint density at radius 2 is 0.947 bits per heavy atom. The third kappa shape index (κ3) is 16.3. The molecule has 3 amide bonds. The van der Waals surface area contributed by atoms with Crippen molar-refractivity contribution in [2.75, 3.05) is 26.2 Å². The number of carboxylic acid groups (broad SMARTS) is 1. The van der Waals surface area contributed by atoms with Crippen molar-refractivity contribution in [3.05, 3.63) is 0 Å². The van der Waals surface area contributed by atoms with Gasteiger partial charge in [-0.1, -0.05) is 0 Å². The number of nitrogens with zero attached hydrogens (tertiary/aromatic N) is 3. The lowest BCUT2D eigenvalue weighted by Gasteiger charge is -2.24. The lowest BCUT2D eigenvalue weighted by molar-refractivity contribution is -0.142. The minimum atomic E-state index is -1.28. The van der Waals surface area contributed by atoms with Gasteiger partial charge in [-0.15, -0.1) is 0 Å². The molecule has 0 aliphatic heterocycles. The fourth-order valence-corrected chi connectivity index (χ4v) is 3.10. The number of nitrogens with one attached hydrogen (secondary N) is 3. The summed E-state index contributed by atoms with van der Waals surface area (Å²) in [5.41, 5.74) is 37.1. The molecule has 0 saturated heterocycles. The monoisotopic (exact) mass is 543 g/mol. The molecular weight excluding hydrogens is 502 g/mol. The molecule has 38 heavy (non-hydrogen) atoms. The van der Waals surface area contributed by atoms with Crippen molar-refractivity contribution < 1.29 is 24.3 Å². The molecule has 0 heterocycles. The third-order valence-corrected chi connectivity index (χ3v) is 4.92. The zero-order valence-corrected chi connectivity index (χ0v) is 21.3. The molecule has 3 unspecified atom stereocenters. The van der Waals surface area contributed by atoms with Crippen molar-refractivity contribution in [1.29, 1.82) is 0 Å². The Labute approximate surface area is 220 Å². The lowest BCUT2D eigenvalue weighted by atomic mass is 10.1.